The second-order valence-corrected chi connectivity index (χ2v) is 4.59. The molecular weight excluding hydrogens is 271 g/mol. The molecule has 0 saturated carbocycles. The highest BCUT2D eigenvalue weighted by Crippen LogP contribution is 2.23. The van der Waals surface area contributed by atoms with Crippen LogP contribution < -0.4 is 4.74 Å². The molecule has 0 atom stereocenters. The Kier molecular flexibility index (Phi) is 4.24. The summed E-state index contributed by atoms with van der Waals surface area (Å²) in [5.41, 5.74) is 1.40. The summed E-state index contributed by atoms with van der Waals surface area (Å²) in [4.78, 5) is 10.9. The van der Waals surface area contributed by atoms with Crippen LogP contribution in [0.25, 0.3) is 0 Å². The van der Waals surface area contributed by atoms with E-state index in [2.05, 4.69) is 0 Å². The van der Waals surface area contributed by atoms with E-state index in [4.69, 9.17) is 27.9 Å². The van der Waals surface area contributed by atoms with Crippen molar-refractivity contribution in [2.24, 2.45) is 0 Å². The molecule has 2 rings (SSSR count). The number of halogens is 2. The maximum absolute atomic E-state index is 10.9. The Labute approximate surface area is 115 Å². The van der Waals surface area contributed by atoms with Gasteiger partial charge < -0.3 is 4.74 Å². The molecule has 0 N–H and O–H groups in total. The number of benzene rings is 2. The van der Waals surface area contributed by atoms with E-state index in [-0.39, 0.29) is 0 Å². The van der Waals surface area contributed by atoms with E-state index >= 15 is 0 Å². The third kappa shape index (κ3) is 3.25. The smallest absolute Gasteiger partial charge is 0.153 e. The minimum absolute atomic E-state index is 0.335. The fourth-order valence-corrected chi connectivity index (χ4v) is 1.89. The number of ether oxygens (including phenoxy) is 1. The Balaban J connectivity index is 2.15. The lowest BCUT2D eigenvalue weighted by Gasteiger charge is -2.09. The van der Waals surface area contributed by atoms with Crippen molar-refractivity contribution in [2.45, 2.75) is 6.61 Å². The van der Waals surface area contributed by atoms with Crippen molar-refractivity contribution in [3.8, 4) is 5.75 Å². The molecule has 0 radical (unpaired) electrons. The maximum atomic E-state index is 10.9. The first-order chi connectivity index (χ1) is 8.69. The molecule has 92 valence electrons. The van der Waals surface area contributed by atoms with Gasteiger partial charge in [-0.05, 0) is 35.9 Å². The second-order valence-electron chi connectivity index (χ2n) is 3.72. The predicted octanol–water partition coefficient (Wildman–Crippen LogP) is 4.38. The van der Waals surface area contributed by atoms with Crippen LogP contribution in [0.1, 0.15) is 15.9 Å². The first-order valence-electron chi connectivity index (χ1n) is 5.31. The van der Waals surface area contributed by atoms with Crippen molar-refractivity contribution < 1.29 is 9.53 Å². The SMILES string of the molecule is O=Cc1ccc(Cl)cc1OCc1cccc(Cl)c1. The minimum Gasteiger partial charge on any atom is -0.488 e. The van der Waals surface area contributed by atoms with Gasteiger partial charge in [0.1, 0.15) is 12.4 Å². The van der Waals surface area contributed by atoms with Gasteiger partial charge in [-0.25, -0.2) is 0 Å². The Hall–Kier alpha value is -1.51. The van der Waals surface area contributed by atoms with Gasteiger partial charge in [0, 0.05) is 10.0 Å². The normalized spacial score (nSPS) is 10.1. The zero-order valence-electron chi connectivity index (χ0n) is 9.40. The number of hydrogen-bond acceptors (Lipinski definition) is 2. The first-order valence-corrected chi connectivity index (χ1v) is 6.06. The van der Waals surface area contributed by atoms with Crippen LogP contribution in [-0.2, 0) is 6.61 Å². The van der Waals surface area contributed by atoms with E-state index in [9.17, 15) is 4.79 Å². The Bertz CT molecular complexity index is 567. The molecule has 0 spiro atoms. The fraction of sp³-hybridized carbons (Fsp3) is 0.0714. The average Bonchev–Trinajstić information content (AvgIpc) is 2.37. The van der Waals surface area contributed by atoms with Crippen LogP contribution in [0.15, 0.2) is 42.5 Å². The highest BCUT2D eigenvalue weighted by atomic mass is 35.5. The molecule has 0 aliphatic carbocycles. The quantitative estimate of drug-likeness (QED) is 0.777. The Morgan fingerprint density at radius 1 is 1.06 bits per heavy atom. The zero-order valence-corrected chi connectivity index (χ0v) is 10.9. The van der Waals surface area contributed by atoms with Crippen LogP contribution in [0.3, 0.4) is 0 Å². The molecule has 0 fully saturated rings. The molecule has 18 heavy (non-hydrogen) atoms. The van der Waals surface area contributed by atoms with Crippen molar-refractivity contribution in [1.82, 2.24) is 0 Å². The number of carbonyl (C=O) groups excluding carboxylic acids is 1. The van der Waals surface area contributed by atoms with Crippen molar-refractivity contribution >= 4 is 29.5 Å². The zero-order chi connectivity index (χ0) is 13.0. The number of carbonyl (C=O) groups is 1. The lowest BCUT2D eigenvalue weighted by atomic mass is 10.2. The molecule has 2 aromatic carbocycles. The monoisotopic (exact) mass is 280 g/mol. The summed E-state index contributed by atoms with van der Waals surface area (Å²) in [6.07, 6.45) is 0.740. The van der Waals surface area contributed by atoms with Crippen LogP contribution >= 0.6 is 23.2 Å². The Morgan fingerprint density at radius 3 is 2.56 bits per heavy atom. The maximum Gasteiger partial charge on any atom is 0.153 e. The summed E-state index contributed by atoms with van der Waals surface area (Å²) in [7, 11) is 0. The topological polar surface area (TPSA) is 26.3 Å². The highest BCUT2D eigenvalue weighted by Gasteiger charge is 2.04. The lowest BCUT2D eigenvalue weighted by molar-refractivity contribution is 0.111. The van der Waals surface area contributed by atoms with Gasteiger partial charge in [0.2, 0.25) is 0 Å². The molecule has 0 aliphatic heterocycles. The van der Waals surface area contributed by atoms with Crippen molar-refractivity contribution in [3.05, 3.63) is 63.6 Å². The predicted molar refractivity (Wildman–Crippen MR) is 72.6 cm³/mol. The fourth-order valence-electron chi connectivity index (χ4n) is 1.52. The molecule has 0 saturated heterocycles. The van der Waals surface area contributed by atoms with Gasteiger partial charge in [0.05, 0.1) is 5.56 Å². The third-order valence-corrected chi connectivity index (χ3v) is 2.86. The van der Waals surface area contributed by atoms with Crippen LogP contribution in [-0.4, -0.2) is 6.29 Å². The molecule has 0 amide bonds. The van der Waals surface area contributed by atoms with Gasteiger partial charge in [0.25, 0.3) is 0 Å². The molecule has 0 unspecified atom stereocenters. The van der Waals surface area contributed by atoms with Crippen LogP contribution in [0.2, 0.25) is 10.0 Å². The molecule has 2 nitrogen and oxygen atoms in total. The molecular formula is C14H10Cl2O2. The summed E-state index contributed by atoms with van der Waals surface area (Å²) >= 11 is 11.7. The van der Waals surface area contributed by atoms with Crippen LogP contribution in [0.5, 0.6) is 5.75 Å². The average molecular weight is 281 g/mol. The molecule has 4 heteroatoms. The van der Waals surface area contributed by atoms with Gasteiger partial charge >= 0.3 is 0 Å². The third-order valence-electron chi connectivity index (χ3n) is 2.39. The molecule has 0 bridgehead atoms. The van der Waals surface area contributed by atoms with Crippen LogP contribution in [0.4, 0.5) is 0 Å². The standard InChI is InChI=1S/C14H10Cl2O2/c15-12-3-1-2-10(6-12)9-18-14-7-13(16)5-4-11(14)8-17/h1-8H,9H2. The van der Waals surface area contributed by atoms with E-state index in [1.807, 2.05) is 18.2 Å². The summed E-state index contributed by atoms with van der Waals surface area (Å²) in [6, 6.07) is 12.3. The van der Waals surface area contributed by atoms with Crippen molar-refractivity contribution in [2.75, 3.05) is 0 Å². The number of aldehydes is 1. The van der Waals surface area contributed by atoms with E-state index in [1.54, 1.807) is 24.3 Å². The van der Waals surface area contributed by atoms with E-state index in [0.717, 1.165) is 11.8 Å². The van der Waals surface area contributed by atoms with Crippen molar-refractivity contribution in [3.63, 3.8) is 0 Å². The van der Waals surface area contributed by atoms with Crippen LogP contribution in [0, 0.1) is 0 Å². The first kappa shape index (κ1) is 12.9. The largest absolute Gasteiger partial charge is 0.488 e. The van der Waals surface area contributed by atoms with Crippen molar-refractivity contribution in [1.29, 1.82) is 0 Å². The lowest BCUT2D eigenvalue weighted by Crippen LogP contribution is -1.98. The van der Waals surface area contributed by atoms with Gasteiger partial charge in [0.15, 0.2) is 6.29 Å². The number of rotatable bonds is 4. The van der Waals surface area contributed by atoms with E-state index < -0.39 is 0 Å². The Morgan fingerprint density at radius 2 is 1.83 bits per heavy atom. The molecule has 0 aromatic heterocycles. The summed E-state index contributed by atoms with van der Waals surface area (Å²) in [5, 5.41) is 1.18. The second kappa shape index (κ2) is 5.89. The van der Waals surface area contributed by atoms with E-state index in [1.165, 1.54) is 0 Å². The van der Waals surface area contributed by atoms with Gasteiger partial charge in [-0.1, -0.05) is 35.3 Å². The van der Waals surface area contributed by atoms with Gasteiger partial charge in [-0.15, -0.1) is 0 Å². The van der Waals surface area contributed by atoms with E-state index in [0.29, 0.717) is 28.0 Å². The molecule has 2 aromatic rings. The molecule has 0 heterocycles. The van der Waals surface area contributed by atoms with Gasteiger partial charge in [-0.2, -0.15) is 0 Å². The summed E-state index contributed by atoms with van der Waals surface area (Å²) < 4.78 is 5.58. The molecule has 0 aliphatic rings. The van der Waals surface area contributed by atoms with Gasteiger partial charge in [-0.3, -0.25) is 4.79 Å². The summed E-state index contributed by atoms with van der Waals surface area (Å²) in [5.74, 6) is 0.470. The number of hydrogen-bond donors (Lipinski definition) is 0. The minimum atomic E-state index is 0.335. The summed E-state index contributed by atoms with van der Waals surface area (Å²) in [6.45, 7) is 0.335. The highest BCUT2D eigenvalue weighted by molar-refractivity contribution is 6.31.